The van der Waals surface area contributed by atoms with Crippen molar-refractivity contribution in [2.75, 3.05) is 11.7 Å². The monoisotopic (exact) mass is 365 g/mol. The topological polar surface area (TPSA) is 81.1 Å². The van der Waals surface area contributed by atoms with Gasteiger partial charge in [0.25, 0.3) is 5.91 Å². The van der Waals surface area contributed by atoms with E-state index in [0.717, 1.165) is 0 Å². The molecule has 0 aliphatic carbocycles. The highest BCUT2D eigenvalue weighted by Gasteiger charge is 2.12. The molecule has 0 fully saturated rings. The zero-order valence-corrected chi connectivity index (χ0v) is 15.5. The summed E-state index contributed by atoms with van der Waals surface area (Å²) >= 11 is 6.61. The maximum Gasteiger partial charge on any atom is 0.257 e. The van der Waals surface area contributed by atoms with Crippen LogP contribution in [-0.4, -0.2) is 38.3 Å². The maximum absolute atomic E-state index is 12.3. The molecule has 2 aromatic rings. The molecule has 0 spiro atoms. The number of aromatic nitrogens is 3. The number of benzene rings is 1. The van der Waals surface area contributed by atoms with Crippen molar-refractivity contribution in [3.05, 3.63) is 35.7 Å². The molecule has 24 heavy (non-hydrogen) atoms. The standard InChI is InChI=1S/C15H19N5O2S2/c1-9(2)22-12-7-5-6-11(8-12)13(21)16-14(23)19-20-10(3)17-18-15(20)24-4/h5-9H,1-4H3,(H2,16,19,21,23). The third-order valence-electron chi connectivity index (χ3n) is 2.89. The van der Waals surface area contributed by atoms with Crippen molar-refractivity contribution in [1.29, 1.82) is 0 Å². The van der Waals surface area contributed by atoms with Crippen LogP contribution in [-0.2, 0) is 0 Å². The highest BCUT2D eigenvalue weighted by molar-refractivity contribution is 7.98. The van der Waals surface area contributed by atoms with Crippen LogP contribution < -0.4 is 15.5 Å². The second-order valence-electron chi connectivity index (χ2n) is 5.16. The number of thiocarbonyl (C=S) groups is 1. The van der Waals surface area contributed by atoms with E-state index < -0.39 is 0 Å². The number of hydrogen-bond acceptors (Lipinski definition) is 6. The molecule has 0 saturated heterocycles. The van der Waals surface area contributed by atoms with Crippen molar-refractivity contribution in [2.24, 2.45) is 0 Å². The fourth-order valence-corrected chi connectivity index (χ4v) is 2.56. The molecule has 128 valence electrons. The number of amides is 1. The van der Waals surface area contributed by atoms with E-state index in [4.69, 9.17) is 17.0 Å². The van der Waals surface area contributed by atoms with Crippen LogP contribution in [0.15, 0.2) is 29.4 Å². The molecule has 1 amide bonds. The van der Waals surface area contributed by atoms with Crippen LogP contribution >= 0.6 is 24.0 Å². The maximum atomic E-state index is 12.3. The minimum absolute atomic E-state index is 0.0349. The van der Waals surface area contributed by atoms with Gasteiger partial charge in [0.2, 0.25) is 5.16 Å². The van der Waals surface area contributed by atoms with Gasteiger partial charge in [-0.25, -0.2) is 4.68 Å². The lowest BCUT2D eigenvalue weighted by Gasteiger charge is -2.13. The van der Waals surface area contributed by atoms with Gasteiger partial charge in [-0.15, -0.1) is 10.2 Å². The van der Waals surface area contributed by atoms with Crippen molar-refractivity contribution in [2.45, 2.75) is 32.0 Å². The quantitative estimate of drug-likeness (QED) is 0.622. The summed E-state index contributed by atoms with van der Waals surface area (Å²) in [5.74, 6) is 0.956. The van der Waals surface area contributed by atoms with Crippen LogP contribution in [0.4, 0.5) is 0 Å². The van der Waals surface area contributed by atoms with Crippen molar-refractivity contribution >= 4 is 35.0 Å². The van der Waals surface area contributed by atoms with E-state index in [1.807, 2.05) is 20.1 Å². The molecular formula is C15H19N5O2S2. The van der Waals surface area contributed by atoms with E-state index in [2.05, 4.69) is 20.9 Å². The van der Waals surface area contributed by atoms with Crippen molar-refractivity contribution < 1.29 is 9.53 Å². The fraction of sp³-hybridized carbons (Fsp3) is 0.333. The van der Waals surface area contributed by atoms with Crippen molar-refractivity contribution in [3.63, 3.8) is 0 Å². The fourth-order valence-electron chi connectivity index (χ4n) is 1.89. The lowest BCUT2D eigenvalue weighted by molar-refractivity contribution is 0.0976. The molecule has 1 aromatic heterocycles. The van der Waals surface area contributed by atoms with Gasteiger partial charge < -0.3 is 4.74 Å². The second kappa shape index (κ2) is 8.11. The first-order valence-corrected chi connectivity index (χ1v) is 8.89. The van der Waals surface area contributed by atoms with Gasteiger partial charge in [-0.3, -0.25) is 15.5 Å². The first-order chi connectivity index (χ1) is 11.4. The highest BCUT2D eigenvalue weighted by Crippen LogP contribution is 2.15. The Morgan fingerprint density at radius 2 is 2.12 bits per heavy atom. The average molecular weight is 365 g/mol. The molecule has 2 rings (SSSR count). The smallest absolute Gasteiger partial charge is 0.257 e. The van der Waals surface area contributed by atoms with Gasteiger partial charge in [-0.05, 0) is 57.4 Å². The average Bonchev–Trinajstić information content (AvgIpc) is 2.87. The number of carbonyl (C=O) groups is 1. The normalized spacial score (nSPS) is 10.5. The van der Waals surface area contributed by atoms with E-state index >= 15 is 0 Å². The molecule has 0 aliphatic heterocycles. The Kier molecular flexibility index (Phi) is 6.16. The largest absolute Gasteiger partial charge is 0.491 e. The predicted molar refractivity (Wildman–Crippen MR) is 98.2 cm³/mol. The number of rotatable bonds is 5. The van der Waals surface area contributed by atoms with Crippen LogP contribution in [0, 0.1) is 6.92 Å². The van der Waals surface area contributed by atoms with Gasteiger partial charge in [0.05, 0.1) is 6.10 Å². The number of nitrogens with zero attached hydrogens (tertiary/aromatic N) is 3. The molecule has 0 radical (unpaired) electrons. The molecule has 2 N–H and O–H groups in total. The van der Waals surface area contributed by atoms with Gasteiger partial charge in [0, 0.05) is 5.56 Å². The summed E-state index contributed by atoms with van der Waals surface area (Å²) in [6, 6.07) is 6.94. The van der Waals surface area contributed by atoms with Crippen LogP contribution in [0.25, 0.3) is 0 Å². The number of thioether (sulfide) groups is 1. The minimum atomic E-state index is -0.321. The molecule has 0 saturated carbocycles. The lowest BCUT2D eigenvalue weighted by atomic mass is 10.2. The summed E-state index contributed by atoms with van der Waals surface area (Å²) < 4.78 is 7.21. The minimum Gasteiger partial charge on any atom is -0.491 e. The Morgan fingerprint density at radius 3 is 2.79 bits per heavy atom. The first-order valence-electron chi connectivity index (χ1n) is 7.25. The summed E-state index contributed by atoms with van der Waals surface area (Å²) in [5, 5.41) is 11.4. The number of aryl methyl sites for hydroxylation is 1. The van der Waals surface area contributed by atoms with E-state index in [-0.39, 0.29) is 17.1 Å². The van der Waals surface area contributed by atoms with E-state index in [9.17, 15) is 4.79 Å². The van der Waals surface area contributed by atoms with Gasteiger partial charge in [0.15, 0.2) is 5.11 Å². The summed E-state index contributed by atoms with van der Waals surface area (Å²) in [4.78, 5) is 12.3. The molecule has 9 heteroatoms. The van der Waals surface area contributed by atoms with Gasteiger partial charge in [-0.2, -0.15) is 0 Å². The highest BCUT2D eigenvalue weighted by atomic mass is 32.2. The third kappa shape index (κ3) is 4.68. The molecule has 0 aliphatic rings. The number of ether oxygens (including phenoxy) is 1. The van der Waals surface area contributed by atoms with E-state index in [1.54, 1.807) is 35.9 Å². The summed E-state index contributed by atoms with van der Waals surface area (Å²) in [6.07, 6.45) is 1.91. The first kappa shape index (κ1) is 18.2. The van der Waals surface area contributed by atoms with E-state index in [0.29, 0.717) is 22.3 Å². The Morgan fingerprint density at radius 1 is 1.38 bits per heavy atom. The van der Waals surface area contributed by atoms with Crippen LogP contribution in [0.5, 0.6) is 5.75 Å². The van der Waals surface area contributed by atoms with E-state index in [1.165, 1.54) is 11.8 Å². The van der Waals surface area contributed by atoms with Gasteiger partial charge >= 0.3 is 0 Å². The number of carbonyl (C=O) groups excluding carboxylic acids is 1. The summed E-state index contributed by atoms with van der Waals surface area (Å²) in [7, 11) is 0. The predicted octanol–water partition coefficient (Wildman–Crippen LogP) is 2.35. The van der Waals surface area contributed by atoms with Crippen molar-refractivity contribution in [3.8, 4) is 5.75 Å². The van der Waals surface area contributed by atoms with Gasteiger partial charge in [0.1, 0.15) is 11.6 Å². The Hall–Kier alpha value is -2.13. The molecule has 7 nitrogen and oxygen atoms in total. The van der Waals surface area contributed by atoms with Crippen LogP contribution in [0.1, 0.15) is 30.0 Å². The lowest BCUT2D eigenvalue weighted by Crippen LogP contribution is -2.38. The second-order valence-corrected chi connectivity index (χ2v) is 6.34. The SMILES string of the molecule is CSc1nnc(C)n1NC(=S)NC(=O)c1cccc(OC(C)C)c1. The third-order valence-corrected chi connectivity index (χ3v) is 3.71. The Balaban J connectivity index is 2.04. The molecule has 1 heterocycles. The Bertz CT molecular complexity index is 745. The summed E-state index contributed by atoms with van der Waals surface area (Å²) in [5.41, 5.74) is 3.36. The summed E-state index contributed by atoms with van der Waals surface area (Å²) in [6.45, 7) is 5.64. The van der Waals surface area contributed by atoms with Crippen molar-refractivity contribution in [1.82, 2.24) is 20.2 Å². The molecule has 0 unspecified atom stereocenters. The van der Waals surface area contributed by atoms with Crippen LogP contribution in [0.3, 0.4) is 0 Å². The van der Waals surface area contributed by atoms with Crippen LogP contribution in [0.2, 0.25) is 0 Å². The molecule has 0 atom stereocenters. The molecule has 1 aromatic carbocycles. The molecule has 0 bridgehead atoms. The zero-order chi connectivity index (χ0) is 17.7. The van der Waals surface area contributed by atoms with Gasteiger partial charge in [-0.1, -0.05) is 17.8 Å². The zero-order valence-electron chi connectivity index (χ0n) is 13.9. The molecular weight excluding hydrogens is 346 g/mol. The Labute approximate surface area is 150 Å². The number of nitrogens with one attached hydrogen (secondary N) is 2. The number of hydrogen-bond donors (Lipinski definition) is 2.